The molecule has 2 atom stereocenters. The molecule has 0 aliphatic carbocycles. The molecule has 2 aliphatic heterocycles. The lowest BCUT2D eigenvalue weighted by Crippen LogP contribution is -2.41. The van der Waals surface area contributed by atoms with E-state index < -0.39 is 24.3 Å². The van der Waals surface area contributed by atoms with Gasteiger partial charge in [0.25, 0.3) is 0 Å². The van der Waals surface area contributed by atoms with Crippen molar-refractivity contribution >= 4 is 17.7 Å². The Balaban J connectivity index is 1.29. The van der Waals surface area contributed by atoms with E-state index >= 15 is 0 Å². The summed E-state index contributed by atoms with van der Waals surface area (Å²) in [5.74, 6) is -1.09. The number of ether oxygens (including phenoxy) is 1. The molecule has 2 fully saturated rings. The first-order valence-electron chi connectivity index (χ1n) is 13.7. The summed E-state index contributed by atoms with van der Waals surface area (Å²) in [5.41, 5.74) is 7.55. The number of carbonyl (C=O) groups is 1. The van der Waals surface area contributed by atoms with Crippen LogP contribution in [-0.4, -0.2) is 67.8 Å². The lowest BCUT2D eigenvalue weighted by Gasteiger charge is -2.39. The number of aromatic nitrogens is 5. The highest BCUT2D eigenvalue weighted by Gasteiger charge is 2.46. The predicted octanol–water partition coefficient (Wildman–Crippen LogP) is 3.92. The average Bonchev–Trinajstić information content (AvgIpc) is 3.73. The van der Waals surface area contributed by atoms with E-state index in [-0.39, 0.29) is 28.5 Å². The lowest BCUT2D eigenvalue weighted by atomic mass is 9.76. The van der Waals surface area contributed by atoms with Gasteiger partial charge in [0.2, 0.25) is 17.9 Å². The molecule has 226 valence electrons. The van der Waals surface area contributed by atoms with Gasteiger partial charge in [-0.2, -0.15) is 28.2 Å². The Labute approximate surface area is 243 Å². The summed E-state index contributed by atoms with van der Waals surface area (Å²) in [6.07, 6.45) is -0.894. The van der Waals surface area contributed by atoms with Crippen LogP contribution in [0.4, 0.5) is 24.9 Å². The van der Waals surface area contributed by atoms with Crippen LogP contribution in [0.2, 0.25) is 0 Å². The third-order valence-electron chi connectivity index (χ3n) is 8.10. The normalized spacial score (nSPS) is 19.1. The first kappa shape index (κ1) is 28.5. The molecule has 0 amide bonds. The molecule has 1 aromatic carbocycles. The SMILES string of the molecule is Cc1ccn(-c2cc(-c3cnoc3)ccc2C(Oc2cc(N3CCC4(CC3)CN[C@H](C(=O)O)C4)nc(N)n2)C(F)(F)F)n1. The maximum absolute atomic E-state index is 14.7. The van der Waals surface area contributed by atoms with Crippen LogP contribution < -0.4 is 20.7 Å². The highest BCUT2D eigenvalue weighted by molar-refractivity contribution is 5.74. The van der Waals surface area contributed by atoms with E-state index in [9.17, 15) is 23.1 Å². The van der Waals surface area contributed by atoms with E-state index in [1.54, 1.807) is 25.3 Å². The van der Waals surface area contributed by atoms with Gasteiger partial charge >= 0.3 is 12.1 Å². The number of nitrogen functional groups attached to an aromatic ring is 1. The molecule has 1 spiro atoms. The first-order chi connectivity index (χ1) is 20.5. The topological polar surface area (TPSA) is 157 Å². The zero-order valence-corrected chi connectivity index (χ0v) is 23.1. The van der Waals surface area contributed by atoms with Crippen molar-refractivity contribution in [1.29, 1.82) is 0 Å². The van der Waals surface area contributed by atoms with Crippen molar-refractivity contribution in [3.05, 3.63) is 60.2 Å². The van der Waals surface area contributed by atoms with E-state index in [0.717, 1.165) is 0 Å². The molecule has 2 aliphatic rings. The summed E-state index contributed by atoms with van der Waals surface area (Å²) < 4.78 is 55.9. The van der Waals surface area contributed by atoms with Crippen LogP contribution in [-0.2, 0) is 4.79 Å². The van der Waals surface area contributed by atoms with Gasteiger partial charge in [0, 0.05) is 43.0 Å². The summed E-state index contributed by atoms with van der Waals surface area (Å²) in [7, 11) is 0. The minimum absolute atomic E-state index is 0.154. The molecule has 4 N–H and O–H groups in total. The lowest BCUT2D eigenvalue weighted by molar-refractivity contribution is -0.198. The van der Waals surface area contributed by atoms with E-state index in [4.69, 9.17) is 15.0 Å². The number of hydrogen-bond donors (Lipinski definition) is 3. The molecule has 5 heterocycles. The largest absolute Gasteiger partial charge is 0.480 e. The predicted molar refractivity (Wildman–Crippen MR) is 148 cm³/mol. The number of aryl methyl sites for hydroxylation is 1. The van der Waals surface area contributed by atoms with Gasteiger partial charge < -0.3 is 30.3 Å². The highest BCUT2D eigenvalue weighted by Crippen LogP contribution is 2.42. The number of anilines is 2. The Hall–Kier alpha value is -4.66. The number of alkyl halides is 3. The maximum Gasteiger partial charge on any atom is 0.429 e. The second kappa shape index (κ2) is 10.9. The Morgan fingerprint density at radius 2 is 2.00 bits per heavy atom. The van der Waals surface area contributed by atoms with Crippen LogP contribution in [0.25, 0.3) is 16.8 Å². The standard InChI is InChI=1S/C28H29F3N8O4/c1-16-4-7-39(37-16)21-10-17(18-13-34-42-14-18)2-3-19(21)24(28(29,30)31)43-23-11-22(35-26(32)36-23)38-8-5-27(6-9-38)12-20(25(40)41)33-15-27/h2-4,7,10-11,13-14,20,24,33H,5-6,8-9,12,15H2,1H3,(H,40,41)(H2,32,35,36)/t20-,24?/m0/s1. The van der Waals surface area contributed by atoms with Crippen LogP contribution >= 0.6 is 0 Å². The number of nitrogens with two attached hydrogens (primary N) is 1. The van der Waals surface area contributed by atoms with Crippen molar-refractivity contribution in [2.45, 2.75) is 44.5 Å². The van der Waals surface area contributed by atoms with Crippen molar-refractivity contribution in [3.8, 4) is 22.7 Å². The third kappa shape index (κ3) is 5.84. The van der Waals surface area contributed by atoms with Crippen molar-refractivity contribution < 1.29 is 32.3 Å². The van der Waals surface area contributed by atoms with E-state index in [2.05, 4.69) is 25.5 Å². The number of hydrogen-bond acceptors (Lipinski definition) is 10. The summed E-state index contributed by atoms with van der Waals surface area (Å²) in [6.45, 7) is 3.39. The number of carboxylic acid groups (broad SMARTS) is 1. The van der Waals surface area contributed by atoms with Crippen molar-refractivity contribution in [1.82, 2.24) is 30.2 Å². The Kier molecular flexibility index (Phi) is 7.20. The molecule has 43 heavy (non-hydrogen) atoms. The second-order valence-electron chi connectivity index (χ2n) is 11.0. The fraction of sp³-hybridized carbons (Fsp3) is 0.393. The minimum atomic E-state index is -4.83. The number of nitrogens with zero attached hydrogens (tertiary/aromatic N) is 6. The van der Waals surface area contributed by atoms with Crippen LogP contribution in [0, 0.1) is 12.3 Å². The van der Waals surface area contributed by atoms with Crippen LogP contribution in [0.5, 0.6) is 5.88 Å². The molecule has 15 heteroatoms. The monoisotopic (exact) mass is 598 g/mol. The molecule has 0 bridgehead atoms. The summed E-state index contributed by atoms with van der Waals surface area (Å²) in [6, 6.07) is 6.88. The molecular weight excluding hydrogens is 569 g/mol. The number of piperidine rings is 1. The van der Waals surface area contributed by atoms with E-state index in [0.29, 0.717) is 61.5 Å². The molecule has 1 unspecified atom stereocenters. The van der Waals surface area contributed by atoms with Crippen molar-refractivity contribution in [2.24, 2.45) is 5.41 Å². The molecule has 3 aromatic heterocycles. The molecule has 2 saturated heterocycles. The zero-order valence-electron chi connectivity index (χ0n) is 23.1. The van der Waals surface area contributed by atoms with Crippen LogP contribution in [0.1, 0.15) is 36.6 Å². The van der Waals surface area contributed by atoms with Crippen LogP contribution in [0.3, 0.4) is 0 Å². The second-order valence-corrected chi connectivity index (χ2v) is 11.0. The van der Waals surface area contributed by atoms with Gasteiger partial charge in [-0.3, -0.25) is 4.79 Å². The Bertz CT molecular complexity index is 1620. The fourth-order valence-electron chi connectivity index (χ4n) is 5.80. The number of aliphatic carboxylic acids is 1. The van der Waals surface area contributed by atoms with Gasteiger partial charge in [0.15, 0.2) is 0 Å². The Morgan fingerprint density at radius 3 is 2.63 bits per heavy atom. The maximum atomic E-state index is 14.7. The van der Waals surface area contributed by atoms with Crippen molar-refractivity contribution in [2.75, 3.05) is 30.3 Å². The molecule has 4 aromatic rings. The van der Waals surface area contributed by atoms with Crippen molar-refractivity contribution in [3.63, 3.8) is 0 Å². The summed E-state index contributed by atoms with van der Waals surface area (Å²) in [4.78, 5) is 21.5. The quantitative estimate of drug-likeness (QED) is 0.283. The summed E-state index contributed by atoms with van der Waals surface area (Å²) >= 11 is 0. The molecule has 12 nitrogen and oxygen atoms in total. The first-order valence-corrected chi connectivity index (χ1v) is 13.7. The third-order valence-corrected chi connectivity index (χ3v) is 8.10. The number of carboxylic acids is 1. The molecular formula is C28H29F3N8O4. The smallest absolute Gasteiger partial charge is 0.429 e. The van der Waals surface area contributed by atoms with Gasteiger partial charge in [-0.15, -0.1) is 0 Å². The Morgan fingerprint density at radius 1 is 1.21 bits per heavy atom. The minimum Gasteiger partial charge on any atom is -0.480 e. The number of nitrogens with one attached hydrogen (secondary N) is 1. The van der Waals surface area contributed by atoms with Gasteiger partial charge in [-0.1, -0.05) is 17.3 Å². The van der Waals surface area contributed by atoms with Gasteiger partial charge in [-0.25, -0.2) is 4.68 Å². The van der Waals surface area contributed by atoms with Gasteiger partial charge in [0.05, 0.1) is 17.6 Å². The number of halogens is 3. The number of rotatable bonds is 7. The highest BCUT2D eigenvalue weighted by atomic mass is 19.4. The van der Waals surface area contributed by atoms with E-state index in [1.165, 1.54) is 35.3 Å². The summed E-state index contributed by atoms with van der Waals surface area (Å²) in [5, 5.41) is 20.4. The van der Waals surface area contributed by atoms with Crippen LogP contribution in [0.15, 0.2) is 53.5 Å². The molecule has 6 rings (SSSR count). The fourth-order valence-corrected chi connectivity index (χ4v) is 5.80. The molecule has 0 saturated carbocycles. The van der Waals surface area contributed by atoms with Gasteiger partial charge in [-0.05, 0) is 49.3 Å². The van der Waals surface area contributed by atoms with Gasteiger partial charge in [0.1, 0.15) is 18.1 Å². The zero-order chi connectivity index (χ0) is 30.4. The molecule has 0 radical (unpaired) electrons. The number of benzene rings is 1. The average molecular weight is 599 g/mol. The van der Waals surface area contributed by atoms with E-state index in [1.807, 2.05) is 4.90 Å².